The normalized spacial score (nSPS) is 19.0. The van der Waals surface area contributed by atoms with Crippen molar-refractivity contribution < 1.29 is 4.79 Å². The third-order valence-corrected chi connectivity index (χ3v) is 3.70. The second-order valence-corrected chi connectivity index (χ2v) is 5.98. The van der Waals surface area contributed by atoms with Gasteiger partial charge in [0.1, 0.15) is 5.82 Å². The molecule has 1 atom stereocenters. The first-order valence-corrected chi connectivity index (χ1v) is 7.58. The zero-order chi connectivity index (χ0) is 16.1. The van der Waals surface area contributed by atoms with Crippen LogP contribution in [0.2, 0.25) is 0 Å². The Morgan fingerprint density at radius 3 is 2.86 bits per heavy atom. The Morgan fingerprint density at radius 1 is 1.41 bits per heavy atom. The minimum atomic E-state index is 0.0259. The van der Waals surface area contributed by atoms with E-state index in [4.69, 9.17) is 5.73 Å². The molecule has 1 aliphatic heterocycles. The maximum absolute atomic E-state index is 11.0. The number of hydrogen-bond donors (Lipinski definition) is 2. The minimum Gasteiger partial charge on any atom is -0.368 e. The standard InChI is InChI=1S/C14H25N7O/c1-10(22)16-7-11-5-4-6-21(8-11)9-12-17-13(15)19-14(18-12)20(2)3/h11H,4-9H2,1-3H3,(H,16,22)(H2,15,17,18,19). The van der Waals surface area contributed by atoms with Gasteiger partial charge in [-0.05, 0) is 25.3 Å². The summed E-state index contributed by atoms with van der Waals surface area (Å²) in [6.45, 7) is 4.89. The smallest absolute Gasteiger partial charge is 0.229 e. The Labute approximate surface area is 131 Å². The highest BCUT2D eigenvalue weighted by molar-refractivity contribution is 5.72. The van der Waals surface area contributed by atoms with Gasteiger partial charge in [-0.3, -0.25) is 9.69 Å². The van der Waals surface area contributed by atoms with Crippen LogP contribution >= 0.6 is 0 Å². The van der Waals surface area contributed by atoms with E-state index in [1.165, 1.54) is 0 Å². The van der Waals surface area contributed by atoms with Gasteiger partial charge < -0.3 is 16.0 Å². The molecule has 0 saturated carbocycles. The number of aromatic nitrogens is 3. The van der Waals surface area contributed by atoms with Crippen LogP contribution in [0.3, 0.4) is 0 Å². The predicted molar refractivity (Wildman–Crippen MR) is 85.3 cm³/mol. The van der Waals surface area contributed by atoms with E-state index in [-0.39, 0.29) is 11.9 Å². The van der Waals surface area contributed by atoms with Gasteiger partial charge in [0.05, 0.1) is 6.54 Å². The highest BCUT2D eigenvalue weighted by Crippen LogP contribution is 2.18. The molecule has 1 fully saturated rings. The molecule has 3 N–H and O–H groups in total. The molecule has 0 bridgehead atoms. The van der Waals surface area contributed by atoms with E-state index in [0.29, 0.717) is 24.2 Å². The number of carbonyl (C=O) groups excluding carboxylic acids is 1. The molecule has 8 heteroatoms. The van der Waals surface area contributed by atoms with Gasteiger partial charge in [-0.15, -0.1) is 0 Å². The molecule has 22 heavy (non-hydrogen) atoms. The molecule has 1 amide bonds. The van der Waals surface area contributed by atoms with E-state index < -0.39 is 0 Å². The van der Waals surface area contributed by atoms with E-state index in [1.54, 1.807) is 6.92 Å². The van der Waals surface area contributed by atoms with Crippen LogP contribution in [0.25, 0.3) is 0 Å². The summed E-state index contributed by atoms with van der Waals surface area (Å²) in [5.74, 6) is 2.02. The van der Waals surface area contributed by atoms with Gasteiger partial charge >= 0.3 is 0 Å². The van der Waals surface area contributed by atoms with Crippen LogP contribution in [0, 0.1) is 5.92 Å². The highest BCUT2D eigenvalue weighted by atomic mass is 16.1. The summed E-state index contributed by atoms with van der Waals surface area (Å²) in [7, 11) is 3.76. The third-order valence-electron chi connectivity index (χ3n) is 3.70. The van der Waals surface area contributed by atoms with Crippen LogP contribution in [0.5, 0.6) is 0 Å². The molecule has 0 radical (unpaired) electrons. The van der Waals surface area contributed by atoms with Crippen LogP contribution in [0.4, 0.5) is 11.9 Å². The zero-order valence-electron chi connectivity index (χ0n) is 13.5. The van der Waals surface area contributed by atoms with E-state index in [2.05, 4.69) is 25.2 Å². The van der Waals surface area contributed by atoms with E-state index in [1.807, 2.05) is 19.0 Å². The monoisotopic (exact) mass is 307 g/mol. The zero-order valence-corrected chi connectivity index (χ0v) is 13.5. The van der Waals surface area contributed by atoms with Crippen molar-refractivity contribution in [2.45, 2.75) is 26.3 Å². The van der Waals surface area contributed by atoms with Crippen LogP contribution in [0.15, 0.2) is 0 Å². The van der Waals surface area contributed by atoms with Crippen molar-refractivity contribution in [3.8, 4) is 0 Å². The van der Waals surface area contributed by atoms with Crippen LogP contribution < -0.4 is 16.0 Å². The maximum atomic E-state index is 11.0. The quantitative estimate of drug-likeness (QED) is 0.781. The molecule has 1 aromatic rings. The number of likely N-dealkylation sites (tertiary alicyclic amines) is 1. The number of hydrogen-bond acceptors (Lipinski definition) is 7. The average molecular weight is 307 g/mol. The SMILES string of the molecule is CC(=O)NCC1CCCN(Cc2nc(N)nc(N(C)C)n2)C1. The Kier molecular flexibility index (Phi) is 5.48. The molecular formula is C14H25N7O. The fourth-order valence-electron chi connectivity index (χ4n) is 2.65. The highest BCUT2D eigenvalue weighted by Gasteiger charge is 2.21. The van der Waals surface area contributed by atoms with Gasteiger partial charge in [-0.2, -0.15) is 15.0 Å². The molecule has 0 aliphatic carbocycles. The molecule has 2 heterocycles. The Hall–Kier alpha value is -1.96. The van der Waals surface area contributed by atoms with Crippen molar-refractivity contribution in [3.63, 3.8) is 0 Å². The first kappa shape index (κ1) is 16.4. The molecule has 122 valence electrons. The Bertz CT molecular complexity index is 520. The lowest BCUT2D eigenvalue weighted by Gasteiger charge is -2.32. The van der Waals surface area contributed by atoms with Crippen molar-refractivity contribution in [2.24, 2.45) is 5.92 Å². The first-order valence-electron chi connectivity index (χ1n) is 7.58. The topological polar surface area (TPSA) is 100 Å². The molecule has 1 aliphatic rings. The van der Waals surface area contributed by atoms with Crippen LogP contribution in [-0.4, -0.2) is 59.5 Å². The lowest BCUT2D eigenvalue weighted by atomic mass is 9.98. The fraction of sp³-hybridized carbons (Fsp3) is 0.714. The number of carbonyl (C=O) groups is 1. The van der Waals surface area contributed by atoms with Gasteiger partial charge in [-0.25, -0.2) is 0 Å². The summed E-state index contributed by atoms with van der Waals surface area (Å²) in [6.07, 6.45) is 2.25. The fourth-order valence-corrected chi connectivity index (χ4v) is 2.65. The van der Waals surface area contributed by atoms with Gasteiger partial charge in [0, 0.05) is 34.1 Å². The number of rotatable bonds is 5. The summed E-state index contributed by atoms with van der Waals surface area (Å²) in [6, 6.07) is 0. The number of nitrogen functional groups attached to an aromatic ring is 1. The summed E-state index contributed by atoms with van der Waals surface area (Å²) < 4.78 is 0. The summed E-state index contributed by atoms with van der Waals surface area (Å²) >= 11 is 0. The largest absolute Gasteiger partial charge is 0.368 e. The molecule has 2 rings (SSSR count). The van der Waals surface area contributed by atoms with E-state index in [9.17, 15) is 4.79 Å². The third kappa shape index (κ3) is 4.80. The molecule has 1 unspecified atom stereocenters. The van der Waals surface area contributed by atoms with Crippen molar-refractivity contribution in [1.82, 2.24) is 25.2 Å². The molecule has 1 saturated heterocycles. The summed E-state index contributed by atoms with van der Waals surface area (Å²) in [5.41, 5.74) is 5.76. The average Bonchev–Trinajstić information content (AvgIpc) is 2.45. The Morgan fingerprint density at radius 2 is 2.18 bits per heavy atom. The number of nitrogens with two attached hydrogens (primary N) is 1. The molecule has 8 nitrogen and oxygen atoms in total. The van der Waals surface area contributed by atoms with Crippen molar-refractivity contribution >= 4 is 17.8 Å². The van der Waals surface area contributed by atoms with E-state index >= 15 is 0 Å². The molecule has 0 spiro atoms. The lowest BCUT2D eigenvalue weighted by molar-refractivity contribution is -0.119. The van der Waals surface area contributed by atoms with Gasteiger partial charge in [-0.1, -0.05) is 0 Å². The number of anilines is 2. The minimum absolute atomic E-state index is 0.0259. The number of piperidine rings is 1. The number of amides is 1. The maximum Gasteiger partial charge on any atom is 0.229 e. The molecule has 1 aromatic heterocycles. The van der Waals surface area contributed by atoms with Crippen LogP contribution in [-0.2, 0) is 11.3 Å². The summed E-state index contributed by atoms with van der Waals surface area (Å²) in [4.78, 5) is 27.9. The Balaban J connectivity index is 1.96. The van der Waals surface area contributed by atoms with Crippen LogP contribution in [0.1, 0.15) is 25.6 Å². The molecule has 0 aromatic carbocycles. The second kappa shape index (κ2) is 7.35. The van der Waals surface area contributed by atoms with Crippen molar-refractivity contribution in [3.05, 3.63) is 5.82 Å². The van der Waals surface area contributed by atoms with Gasteiger partial charge in [0.25, 0.3) is 0 Å². The van der Waals surface area contributed by atoms with Gasteiger partial charge in [0.2, 0.25) is 17.8 Å². The second-order valence-electron chi connectivity index (χ2n) is 5.98. The first-order chi connectivity index (χ1) is 10.4. The van der Waals surface area contributed by atoms with Gasteiger partial charge in [0.15, 0.2) is 0 Å². The predicted octanol–water partition coefficient (Wildman–Crippen LogP) is -0.132. The van der Waals surface area contributed by atoms with Crippen molar-refractivity contribution in [1.29, 1.82) is 0 Å². The summed E-state index contributed by atoms with van der Waals surface area (Å²) in [5, 5.41) is 2.90. The molecular weight excluding hydrogens is 282 g/mol. The lowest BCUT2D eigenvalue weighted by Crippen LogP contribution is -2.40. The number of nitrogens with zero attached hydrogens (tertiary/aromatic N) is 5. The number of nitrogens with one attached hydrogen (secondary N) is 1. The van der Waals surface area contributed by atoms with Crippen molar-refractivity contribution in [2.75, 3.05) is 44.4 Å². The van der Waals surface area contributed by atoms with E-state index in [0.717, 1.165) is 32.5 Å².